The lowest BCUT2D eigenvalue weighted by molar-refractivity contribution is -0.384. The van der Waals surface area contributed by atoms with E-state index in [2.05, 4.69) is 5.32 Å². The van der Waals surface area contributed by atoms with Crippen molar-refractivity contribution < 1.29 is 24.0 Å². The number of ketones is 1. The molecule has 0 spiro atoms. The molecule has 0 fully saturated rings. The lowest BCUT2D eigenvalue weighted by Crippen LogP contribution is -2.34. The van der Waals surface area contributed by atoms with E-state index in [0.717, 1.165) is 17.2 Å². The molecule has 152 valence electrons. The molecule has 1 amide bonds. The standard InChI is InChI=1S/C20H19ClN2O6/c1-11-4-5-14(8-12(11)2)19(25)13(3)29-18(24)10-22-20(26)15-6-7-16(21)17(9-15)23(27)28/h4-9,13H,10H2,1-3H3,(H,22,26)/t13-/m1/s1. The molecule has 0 aliphatic carbocycles. The van der Waals surface area contributed by atoms with Crippen LogP contribution >= 0.6 is 11.6 Å². The van der Waals surface area contributed by atoms with Crippen molar-refractivity contribution in [3.05, 3.63) is 73.8 Å². The summed E-state index contributed by atoms with van der Waals surface area (Å²) in [6.07, 6.45) is -1.03. The van der Waals surface area contributed by atoms with Crippen LogP contribution in [0.3, 0.4) is 0 Å². The number of nitrogens with one attached hydrogen (secondary N) is 1. The summed E-state index contributed by atoms with van der Waals surface area (Å²) >= 11 is 5.70. The zero-order valence-corrected chi connectivity index (χ0v) is 16.8. The van der Waals surface area contributed by atoms with E-state index in [0.29, 0.717) is 5.56 Å². The summed E-state index contributed by atoms with van der Waals surface area (Å²) in [7, 11) is 0. The summed E-state index contributed by atoms with van der Waals surface area (Å²) < 4.78 is 5.07. The van der Waals surface area contributed by atoms with E-state index in [9.17, 15) is 24.5 Å². The zero-order valence-electron chi connectivity index (χ0n) is 16.0. The first-order valence-corrected chi connectivity index (χ1v) is 9.01. The van der Waals surface area contributed by atoms with E-state index in [1.165, 1.54) is 19.1 Å². The Hall–Kier alpha value is -3.26. The summed E-state index contributed by atoms with van der Waals surface area (Å²) in [4.78, 5) is 46.6. The Morgan fingerprint density at radius 3 is 2.38 bits per heavy atom. The molecule has 2 rings (SSSR count). The number of esters is 1. The van der Waals surface area contributed by atoms with Crippen molar-refractivity contribution in [3.63, 3.8) is 0 Å². The fourth-order valence-corrected chi connectivity index (χ4v) is 2.66. The van der Waals surface area contributed by atoms with Gasteiger partial charge in [-0.05, 0) is 50.1 Å². The molecule has 0 unspecified atom stereocenters. The topological polar surface area (TPSA) is 116 Å². The first kappa shape index (κ1) is 22.0. The van der Waals surface area contributed by atoms with Crippen LogP contribution in [0, 0.1) is 24.0 Å². The van der Waals surface area contributed by atoms with E-state index < -0.39 is 35.1 Å². The van der Waals surface area contributed by atoms with Crippen molar-refractivity contribution >= 4 is 34.9 Å². The third-order valence-electron chi connectivity index (χ3n) is 4.27. The van der Waals surface area contributed by atoms with Crippen LogP contribution < -0.4 is 5.32 Å². The maximum atomic E-state index is 12.4. The van der Waals surface area contributed by atoms with Crippen molar-refractivity contribution in [3.8, 4) is 0 Å². The second-order valence-corrected chi connectivity index (χ2v) is 6.81. The second kappa shape index (κ2) is 9.29. The maximum absolute atomic E-state index is 12.4. The smallest absolute Gasteiger partial charge is 0.326 e. The Labute approximate surface area is 172 Å². The summed E-state index contributed by atoms with van der Waals surface area (Å²) in [5.41, 5.74) is 1.95. The van der Waals surface area contributed by atoms with Gasteiger partial charge in [0, 0.05) is 17.2 Å². The van der Waals surface area contributed by atoms with E-state index in [1.807, 2.05) is 19.9 Å². The molecule has 0 aromatic heterocycles. The summed E-state index contributed by atoms with van der Waals surface area (Å²) in [5.74, 6) is -1.89. The molecule has 0 heterocycles. The highest BCUT2D eigenvalue weighted by Gasteiger charge is 2.21. The average molecular weight is 419 g/mol. The quantitative estimate of drug-likeness (QED) is 0.319. The summed E-state index contributed by atoms with van der Waals surface area (Å²) in [6.45, 7) is 4.74. The molecule has 29 heavy (non-hydrogen) atoms. The number of rotatable bonds is 7. The molecule has 0 radical (unpaired) electrons. The Morgan fingerprint density at radius 2 is 1.76 bits per heavy atom. The van der Waals surface area contributed by atoms with Gasteiger partial charge in [-0.25, -0.2) is 0 Å². The Bertz CT molecular complexity index is 989. The fourth-order valence-electron chi connectivity index (χ4n) is 2.47. The van der Waals surface area contributed by atoms with Crippen LogP contribution in [0.5, 0.6) is 0 Å². The Balaban J connectivity index is 1.94. The third kappa shape index (κ3) is 5.61. The van der Waals surface area contributed by atoms with Crippen molar-refractivity contribution in [2.45, 2.75) is 26.9 Å². The van der Waals surface area contributed by atoms with Gasteiger partial charge in [0.25, 0.3) is 11.6 Å². The molecular formula is C20H19ClN2O6. The Kier molecular flexibility index (Phi) is 7.06. The largest absolute Gasteiger partial charge is 0.453 e. The molecule has 8 nitrogen and oxygen atoms in total. The van der Waals surface area contributed by atoms with Crippen LogP contribution in [-0.4, -0.2) is 35.2 Å². The highest BCUT2D eigenvalue weighted by Crippen LogP contribution is 2.25. The van der Waals surface area contributed by atoms with Crippen LogP contribution in [0.4, 0.5) is 5.69 Å². The highest BCUT2D eigenvalue weighted by molar-refractivity contribution is 6.32. The maximum Gasteiger partial charge on any atom is 0.326 e. The van der Waals surface area contributed by atoms with Gasteiger partial charge in [0.1, 0.15) is 11.6 Å². The van der Waals surface area contributed by atoms with Crippen molar-refractivity contribution in [1.29, 1.82) is 0 Å². The van der Waals surface area contributed by atoms with Gasteiger partial charge in [0.2, 0.25) is 5.78 Å². The molecule has 9 heteroatoms. The van der Waals surface area contributed by atoms with Crippen LogP contribution in [-0.2, 0) is 9.53 Å². The lowest BCUT2D eigenvalue weighted by Gasteiger charge is -2.13. The van der Waals surface area contributed by atoms with E-state index in [-0.39, 0.29) is 16.4 Å². The number of hydrogen-bond donors (Lipinski definition) is 1. The van der Waals surface area contributed by atoms with E-state index in [1.54, 1.807) is 12.1 Å². The van der Waals surface area contributed by atoms with Crippen LogP contribution in [0.25, 0.3) is 0 Å². The minimum atomic E-state index is -1.03. The third-order valence-corrected chi connectivity index (χ3v) is 4.59. The monoisotopic (exact) mass is 418 g/mol. The van der Waals surface area contributed by atoms with Crippen LogP contribution in [0.15, 0.2) is 36.4 Å². The van der Waals surface area contributed by atoms with Gasteiger partial charge in [-0.2, -0.15) is 0 Å². The predicted molar refractivity (Wildman–Crippen MR) is 106 cm³/mol. The lowest BCUT2D eigenvalue weighted by atomic mass is 10.0. The molecule has 1 atom stereocenters. The molecule has 0 aliphatic heterocycles. The molecule has 2 aromatic carbocycles. The second-order valence-electron chi connectivity index (χ2n) is 6.40. The number of nitrogens with zero attached hydrogens (tertiary/aromatic N) is 1. The number of amides is 1. The van der Waals surface area contributed by atoms with Crippen LogP contribution in [0.1, 0.15) is 38.8 Å². The predicted octanol–water partition coefficient (Wildman–Crippen LogP) is 3.41. The number of nitro benzene ring substituents is 1. The summed E-state index contributed by atoms with van der Waals surface area (Å²) in [5, 5.41) is 13.1. The normalized spacial score (nSPS) is 11.4. The number of carbonyl (C=O) groups is 3. The summed E-state index contributed by atoms with van der Waals surface area (Å²) in [6, 6.07) is 8.71. The van der Waals surface area contributed by atoms with Gasteiger partial charge in [-0.15, -0.1) is 0 Å². The number of Topliss-reactive ketones (excluding diaryl/α,β-unsaturated/α-hetero) is 1. The molecule has 0 aliphatic rings. The molecule has 0 bridgehead atoms. The van der Waals surface area contributed by atoms with Gasteiger partial charge in [-0.3, -0.25) is 24.5 Å². The first-order valence-electron chi connectivity index (χ1n) is 8.63. The average Bonchev–Trinajstić information content (AvgIpc) is 2.67. The number of aryl methyl sites for hydroxylation is 2. The molecule has 1 N–H and O–H groups in total. The molecule has 0 saturated heterocycles. The van der Waals surface area contributed by atoms with Crippen molar-refractivity contribution in [2.24, 2.45) is 0 Å². The first-order chi connectivity index (χ1) is 13.6. The minimum absolute atomic E-state index is 0.0341. The van der Waals surface area contributed by atoms with E-state index in [4.69, 9.17) is 16.3 Å². The number of carbonyl (C=O) groups excluding carboxylic acids is 3. The fraction of sp³-hybridized carbons (Fsp3) is 0.250. The van der Waals surface area contributed by atoms with Gasteiger partial charge in [0.15, 0.2) is 6.10 Å². The van der Waals surface area contributed by atoms with Gasteiger partial charge < -0.3 is 10.1 Å². The SMILES string of the molecule is Cc1ccc(C(=O)[C@@H](C)OC(=O)CNC(=O)c2ccc(Cl)c([N+](=O)[O-])c2)cc1C. The molecular weight excluding hydrogens is 400 g/mol. The van der Waals surface area contributed by atoms with Gasteiger partial charge in [-0.1, -0.05) is 23.7 Å². The van der Waals surface area contributed by atoms with Crippen molar-refractivity contribution in [1.82, 2.24) is 5.32 Å². The number of halogens is 1. The van der Waals surface area contributed by atoms with Gasteiger partial charge >= 0.3 is 5.97 Å². The number of nitro groups is 1. The number of ether oxygens (including phenoxy) is 1. The van der Waals surface area contributed by atoms with Crippen LogP contribution in [0.2, 0.25) is 5.02 Å². The number of benzene rings is 2. The van der Waals surface area contributed by atoms with Crippen molar-refractivity contribution in [2.75, 3.05) is 6.54 Å². The highest BCUT2D eigenvalue weighted by atomic mass is 35.5. The number of hydrogen-bond acceptors (Lipinski definition) is 6. The Morgan fingerprint density at radius 1 is 1.10 bits per heavy atom. The van der Waals surface area contributed by atoms with Gasteiger partial charge in [0.05, 0.1) is 4.92 Å². The molecule has 2 aromatic rings. The van der Waals surface area contributed by atoms with E-state index >= 15 is 0 Å². The molecule has 0 saturated carbocycles. The minimum Gasteiger partial charge on any atom is -0.453 e. The zero-order chi connectivity index (χ0) is 21.7.